The van der Waals surface area contributed by atoms with Gasteiger partial charge in [0, 0.05) is 5.69 Å². The molecule has 0 aliphatic carbocycles. The summed E-state index contributed by atoms with van der Waals surface area (Å²) in [5, 5.41) is 9.15. The fraction of sp³-hybridized carbons (Fsp3) is 0.364. The molecule has 148 valence electrons. The standard InChI is InChI=1S/C22H27N3O3/c1-4-8-18(16-9-6-5-7-10-16)24-21(26)14(2)23-17-11-12-20-19(13-17)25-22(27)15(3)28-20/h5-7,9-15,18,23H,4,8H2,1-3H3,(H,24,26)(H,25,27)/t14-,15-,18-/m0/s1. The number of carbonyl (C=O) groups is 2. The molecular weight excluding hydrogens is 354 g/mol. The Morgan fingerprint density at radius 1 is 1.21 bits per heavy atom. The Kier molecular flexibility index (Phi) is 6.19. The molecule has 0 bridgehead atoms. The van der Waals surface area contributed by atoms with Gasteiger partial charge in [-0.2, -0.15) is 0 Å². The van der Waals surface area contributed by atoms with E-state index >= 15 is 0 Å². The van der Waals surface area contributed by atoms with E-state index in [-0.39, 0.29) is 17.9 Å². The van der Waals surface area contributed by atoms with E-state index in [0.717, 1.165) is 24.1 Å². The molecule has 2 aromatic carbocycles. The lowest BCUT2D eigenvalue weighted by molar-refractivity contribution is -0.123. The first-order valence-electron chi connectivity index (χ1n) is 9.71. The van der Waals surface area contributed by atoms with E-state index in [1.807, 2.05) is 43.3 Å². The molecule has 0 radical (unpaired) electrons. The molecule has 0 fully saturated rings. The van der Waals surface area contributed by atoms with Crippen LogP contribution < -0.4 is 20.7 Å². The summed E-state index contributed by atoms with van der Waals surface area (Å²) < 4.78 is 5.56. The normalized spacial score (nSPS) is 17.5. The summed E-state index contributed by atoms with van der Waals surface area (Å²) in [7, 11) is 0. The minimum Gasteiger partial charge on any atom is -0.479 e. The van der Waals surface area contributed by atoms with E-state index in [1.54, 1.807) is 19.1 Å². The van der Waals surface area contributed by atoms with Crippen LogP contribution in [-0.4, -0.2) is 24.0 Å². The monoisotopic (exact) mass is 381 g/mol. The molecule has 3 atom stereocenters. The highest BCUT2D eigenvalue weighted by Gasteiger charge is 2.24. The van der Waals surface area contributed by atoms with Crippen molar-refractivity contribution in [2.45, 2.75) is 51.8 Å². The number of hydrogen-bond donors (Lipinski definition) is 3. The highest BCUT2D eigenvalue weighted by atomic mass is 16.5. The molecule has 3 rings (SSSR count). The number of carbonyl (C=O) groups excluding carboxylic acids is 2. The molecular formula is C22H27N3O3. The van der Waals surface area contributed by atoms with Crippen molar-refractivity contribution in [2.75, 3.05) is 10.6 Å². The summed E-state index contributed by atoms with van der Waals surface area (Å²) in [6.45, 7) is 5.63. The number of benzene rings is 2. The zero-order valence-electron chi connectivity index (χ0n) is 16.5. The Balaban J connectivity index is 1.65. The van der Waals surface area contributed by atoms with Crippen LogP contribution in [0.1, 0.15) is 45.2 Å². The summed E-state index contributed by atoms with van der Waals surface area (Å²) >= 11 is 0. The smallest absolute Gasteiger partial charge is 0.265 e. The minimum absolute atomic E-state index is 0.0133. The quantitative estimate of drug-likeness (QED) is 0.680. The van der Waals surface area contributed by atoms with Crippen molar-refractivity contribution in [1.29, 1.82) is 0 Å². The number of hydrogen-bond acceptors (Lipinski definition) is 4. The third-order valence-electron chi connectivity index (χ3n) is 4.78. The van der Waals surface area contributed by atoms with Crippen LogP contribution in [0.5, 0.6) is 5.75 Å². The van der Waals surface area contributed by atoms with Gasteiger partial charge in [0.25, 0.3) is 5.91 Å². The van der Waals surface area contributed by atoms with Crippen molar-refractivity contribution in [3.8, 4) is 5.75 Å². The topological polar surface area (TPSA) is 79.5 Å². The summed E-state index contributed by atoms with van der Waals surface area (Å²) in [6, 6.07) is 15.0. The van der Waals surface area contributed by atoms with E-state index in [1.165, 1.54) is 0 Å². The molecule has 2 aromatic rings. The van der Waals surface area contributed by atoms with Crippen LogP contribution in [0.25, 0.3) is 0 Å². The maximum absolute atomic E-state index is 12.7. The summed E-state index contributed by atoms with van der Waals surface area (Å²) in [4.78, 5) is 24.5. The second kappa shape index (κ2) is 8.78. The maximum Gasteiger partial charge on any atom is 0.265 e. The van der Waals surface area contributed by atoms with Gasteiger partial charge in [-0.25, -0.2) is 0 Å². The molecule has 0 unspecified atom stereocenters. The number of ether oxygens (including phenoxy) is 1. The van der Waals surface area contributed by atoms with Crippen LogP contribution in [0, 0.1) is 0 Å². The van der Waals surface area contributed by atoms with Crippen molar-refractivity contribution < 1.29 is 14.3 Å². The maximum atomic E-state index is 12.7. The Morgan fingerprint density at radius 2 is 1.96 bits per heavy atom. The summed E-state index contributed by atoms with van der Waals surface area (Å²) in [5.41, 5.74) is 2.45. The minimum atomic E-state index is -0.510. The Labute approximate surface area is 165 Å². The number of fused-ring (bicyclic) bond motifs is 1. The molecule has 6 heteroatoms. The molecule has 0 aromatic heterocycles. The first-order chi connectivity index (χ1) is 13.5. The van der Waals surface area contributed by atoms with Gasteiger partial charge in [0.05, 0.1) is 11.7 Å². The summed E-state index contributed by atoms with van der Waals surface area (Å²) in [5.74, 6) is 0.372. The van der Waals surface area contributed by atoms with Crippen LogP contribution >= 0.6 is 0 Å². The Hall–Kier alpha value is -3.02. The van der Waals surface area contributed by atoms with Gasteiger partial charge in [-0.15, -0.1) is 0 Å². The lowest BCUT2D eigenvalue weighted by Gasteiger charge is -2.25. The zero-order chi connectivity index (χ0) is 20.1. The van der Waals surface area contributed by atoms with Gasteiger partial charge < -0.3 is 20.7 Å². The molecule has 3 N–H and O–H groups in total. The van der Waals surface area contributed by atoms with Crippen LogP contribution in [-0.2, 0) is 9.59 Å². The number of amides is 2. The first-order valence-corrected chi connectivity index (χ1v) is 9.71. The molecule has 0 spiro atoms. The highest BCUT2D eigenvalue weighted by molar-refractivity contribution is 5.98. The zero-order valence-corrected chi connectivity index (χ0v) is 16.5. The van der Waals surface area contributed by atoms with E-state index in [4.69, 9.17) is 4.74 Å². The highest BCUT2D eigenvalue weighted by Crippen LogP contribution is 2.32. The largest absolute Gasteiger partial charge is 0.479 e. The lowest BCUT2D eigenvalue weighted by atomic mass is 10.0. The molecule has 0 saturated heterocycles. The van der Waals surface area contributed by atoms with Crippen LogP contribution in [0.3, 0.4) is 0 Å². The van der Waals surface area contributed by atoms with Crippen LogP contribution in [0.2, 0.25) is 0 Å². The molecule has 1 heterocycles. The molecule has 6 nitrogen and oxygen atoms in total. The van der Waals surface area contributed by atoms with Gasteiger partial charge in [-0.05, 0) is 44.0 Å². The number of nitrogens with one attached hydrogen (secondary N) is 3. The third-order valence-corrected chi connectivity index (χ3v) is 4.78. The van der Waals surface area contributed by atoms with Gasteiger partial charge in [-0.1, -0.05) is 43.7 Å². The predicted molar refractivity (Wildman–Crippen MR) is 110 cm³/mol. The van der Waals surface area contributed by atoms with Gasteiger partial charge in [0.2, 0.25) is 5.91 Å². The SMILES string of the molecule is CCC[C@H](NC(=O)[C@H](C)Nc1ccc2c(c1)NC(=O)[C@H](C)O2)c1ccccc1. The molecule has 2 amide bonds. The first kappa shape index (κ1) is 19.7. The molecule has 1 aliphatic heterocycles. The van der Waals surface area contributed by atoms with E-state index in [9.17, 15) is 9.59 Å². The van der Waals surface area contributed by atoms with E-state index in [0.29, 0.717) is 11.4 Å². The van der Waals surface area contributed by atoms with Crippen molar-refractivity contribution >= 4 is 23.2 Å². The average molecular weight is 381 g/mol. The summed E-state index contributed by atoms with van der Waals surface area (Å²) in [6.07, 6.45) is 1.34. The van der Waals surface area contributed by atoms with Gasteiger partial charge in [-0.3, -0.25) is 9.59 Å². The van der Waals surface area contributed by atoms with Crippen LogP contribution in [0.15, 0.2) is 48.5 Å². The van der Waals surface area contributed by atoms with Crippen LogP contribution in [0.4, 0.5) is 11.4 Å². The van der Waals surface area contributed by atoms with Crippen molar-refractivity contribution in [3.05, 3.63) is 54.1 Å². The molecule has 28 heavy (non-hydrogen) atoms. The fourth-order valence-corrected chi connectivity index (χ4v) is 3.21. The van der Waals surface area contributed by atoms with Gasteiger partial charge in [0.15, 0.2) is 6.10 Å². The van der Waals surface area contributed by atoms with E-state index in [2.05, 4.69) is 22.9 Å². The predicted octanol–water partition coefficient (Wildman–Crippen LogP) is 3.86. The fourth-order valence-electron chi connectivity index (χ4n) is 3.21. The van der Waals surface area contributed by atoms with Crippen molar-refractivity contribution in [3.63, 3.8) is 0 Å². The number of rotatable bonds is 7. The van der Waals surface area contributed by atoms with E-state index < -0.39 is 12.1 Å². The Morgan fingerprint density at radius 3 is 2.68 bits per heavy atom. The third kappa shape index (κ3) is 4.63. The second-order valence-corrected chi connectivity index (χ2v) is 7.09. The molecule has 1 aliphatic rings. The van der Waals surface area contributed by atoms with Crippen molar-refractivity contribution in [2.24, 2.45) is 0 Å². The average Bonchev–Trinajstić information content (AvgIpc) is 2.69. The second-order valence-electron chi connectivity index (χ2n) is 7.09. The number of anilines is 2. The van der Waals surface area contributed by atoms with Gasteiger partial charge >= 0.3 is 0 Å². The molecule has 0 saturated carbocycles. The lowest BCUT2D eigenvalue weighted by Crippen LogP contribution is -2.39. The Bertz CT molecular complexity index is 838. The van der Waals surface area contributed by atoms with Gasteiger partial charge in [0.1, 0.15) is 11.8 Å². The van der Waals surface area contributed by atoms with Crippen molar-refractivity contribution in [1.82, 2.24) is 5.32 Å².